The Bertz CT molecular complexity index is 919. The van der Waals surface area contributed by atoms with Gasteiger partial charge in [0.2, 0.25) is 5.16 Å². The second-order valence-corrected chi connectivity index (χ2v) is 7.28. The summed E-state index contributed by atoms with van der Waals surface area (Å²) in [7, 11) is 0. The largest absolute Gasteiger partial charge is 0.462 e. The Hall–Kier alpha value is -2.73. The fourth-order valence-corrected chi connectivity index (χ4v) is 3.90. The number of carbonyl (C=O) groups is 1. The minimum absolute atomic E-state index is 0.0647. The smallest absolute Gasteiger partial charge is 0.319 e. The molecular formula is C20H17N3O2S. The molecule has 1 aromatic heterocycles. The number of hydrogen-bond donors (Lipinski definition) is 0. The molecule has 0 unspecified atom stereocenters. The Balaban J connectivity index is 1.74. The molecule has 2 heterocycles. The Labute approximate surface area is 155 Å². The molecule has 1 aliphatic heterocycles. The molecule has 4 rings (SSSR count). The summed E-state index contributed by atoms with van der Waals surface area (Å²) in [6, 6.07) is 19.8. The van der Waals surface area contributed by atoms with Crippen LogP contribution in [-0.4, -0.2) is 32.5 Å². The summed E-state index contributed by atoms with van der Waals surface area (Å²) in [6.45, 7) is 1.89. The van der Waals surface area contributed by atoms with Crippen molar-refractivity contribution in [3.63, 3.8) is 0 Å². The van der Waals surface area contributed by atoms with Gasteiger partial charge in [-0.15, -0.1) is 10.2 Å². The molecule has 0 aliphatic carbocycles. The molecule has 1 fully saturated rings. The molecule has 1 aliphatic rings. The molecule has 0 bridgehead atoms. The third-order valence-electron chi connectivity index (χ3n) is 4.14. The number of ether oxygens (including phenoxy) is 1. The van der Waals surface area contributed by atoms with Gasteiger partial charge >= 0.3 is 5.97 Å². The van der Waals surface area contributed by atoms with E-state index in [2.05, 4.69) is 10.2 Å². The van der Waals surface area contributed by atoms with Gasteiger partial charge in [0.05, 0.1) is 0 Å². The summed E-state index contributed by atoms with van der Waals surface area (Å²) in [5, 5.41) is 8.89. The van der Waals surface area contributed by atoms with Gasteiger partial charge < -0.3 is 4.74 Å². The van der Waals surface area contributed by atoms with Gasteiger partial charge in [-0.1, -0.05) is 72.4 Å². The number of esters is 1. The van der Waals surface area contributed by atoms with E-state index in [1.54, 1.807) is 0 Å². The van der Waals surface area contributed by atoms with E-state index in [0.29, 0.717) is 11.6 Å². The number of carbonyl (C=O) groups excluding carboxylic acids is 1. The van der Waals surface area contributed by atoms with Gasteiger partial charge in [-0.25, -0.2) is 4.98 Å². The Kier molecular flexibility index (Phi) is 4.67. The number of hydrogen-bond acceptors (Lipinski definition) is 6. The van der Waals surface area contributed by atoms with E-state index in [-0.39, 0.29) is 17.3 Å². The number of nitrogens with zero attached hydrogens (tertiary/aromatic N) is 3. The molecule has 1 saturated heterocycles. The Morgan fingerprint density at radius 3 is 2.12 bits per heavy atom. The van der Waals surface area contributed by atoms with Crippen molar-refractivity contribution in [2.45, 2.75) is 29.9 Å². The molecule has 2 aromatic carbocycles. The molecule has 3 aromatic rings. The van der Waals surface area contributed by atoms with E-state index in [1.165, 1.54) is 11.8 Å². The number of cyclic esters (lactones) is 1. The van der Waals surface area contributed by atoms with Crippen molar-refractivity contribution < 1.29 is 9.53 Å². The fourth-order valence-electron chi connectivity index (χ4n) is 2.89. The lowest BCUT2D eigenvalue weighted by molar-refractivity contribution is -0.140. The van der Waals surface area contributed by atoms with Crippen molar-refractivity contribution in [2.24, 2.45) is 0 Å². The molecule has 0 saturated carbocycles. The van der Waals surface area contributed by atoms with Gasteiger partial charge in [0, 0.05) is 17.5 Å². The minimum atomic E-state index is -0.280. The zero-order valence-corrected chi connectivity index (χ0v) is 15.0. The van der Waals surface area contributed by atoms with Crippen LogP contribution in [0.1, 0.15) is 13.3 Å². The van der Waals surface area contributed by atoms with Crippen molar-refractivity contribution >= 4 is 17.7 Å². The molecule has 0 radical (unpaired) electrons. The molecule has 0 spiro atoms. The molecule has 26 heavy (non-hydrogen) atoms. The molecule has 0 N–H and O–H groups in total. The highest BCUT2D eigenvalue weighted by Gasteiger charge is 2.33. The van der Waals surface area contributed by atoms with Gasteiger partial charge in [-0.2, -0.15) is 0 Å². The quantitative estimate of drug-likeness (QED) is 0.653. The second kappa shape index (κ2) is 7.25. The lowest BCUT2D eigenvalue weighted by atomic mass is 10.0. The number of aromatic nitrogens is 3. The van der Waals surface area contributed by atoms with Crippen LogP contribution in [0.4, 0.5) is 0 Å². The molecular weight excluding hydrogens is 346 g/mol. The lowest BCUT2D eigenvalue weighted by Crippen LogP contribution is -2.11. The van der Waals surface area contributed by atoms with Crippen LogP contribution >= 0.6 is 11.8 Å². The zero-order chi connectivity index (χ0) is 17.9. The average Bonchev–Trinajstić information content (AvgIpc) is 3.00. The first-order valence-corrected chi connectivity index (χ1v) is 9.31. The summed E-state index contributed by atoms with van der Waals surface area (Å²) in [6.07, 6.45) is 0.596. The van der Waals surface area contributed by atoms with Gasteiger partial charge in [0.1, 0.15) is 22.7 Å². The summed E-state index contributed by atoms with van der Waals surface area (Å²) in [5.41, 5.74) is 3.40. The predicted molar refractivity (Wildman–Crippen MR) is 101 cm³/mol. The van der Waals surface area contributed by atoms with Crippen LogP contribution in [0.2, 0.25) is 0 Å². The van der Waals surface area contributed by atoms with Crippen LogP contribution in [0.3, 0.4) is 0 Å². The fraction of sp³-hybridized carbons (Fsp3) is 0.200. The second-order valence-electron chi connectivity index (χ2n) is 6.11. The van der Waals surface area contributed by atoms with Crippen LogP contribution in [0.5, 0.6) is 0 Å². The van der Waals surface area contributed by atoms with Crippen LogP contribution in [0.25, 0.3) is 22.5 Å². The standard InChI is InChI=1S/C20H17N3O2S/c1-13-12-16(19(24)25-13)26-20-21-17(14-8-4-2-5-9-14)18(22-23-20)15-10-6-3-7-11-15/h2-11,13,16H,12H2,1H3/t13-,16-/m0/s1. The maximum absolute atomic E-state index is 11.9. The topological polar surface area (TPSA) is 65.0 Å². The molecule has 6 heteroatoms. The first-order chi connectivity index (χ1) is 12.7. The van der Waals surface area contributed by atoms with Gasteiger partial charge in [-0.3, -0.25) is 4.79 Å². The van der Waals surface area contributed by atoms with E-state index in [9.17, 15) is 4.79 Å². The normalized spacial score (nSPS) is 19.3. The number of rotatable bonds is 4. The van der Waals surface area contributed by atoms with Crippen LogP contribution < -0.4 is 0 Å². The lowest BCUT2D eigenvalue weighted by Gasteiger charge is -2.10. The number of benzene rings is 2. The SMILES string of the molecule is C[C@H]1C[C@H](Sc2nnc(-c3ccccc3)c(-c3ccccc3)n2)C(=O)O1. The van der Waals surface area contributed by atoms with E-state index < -0.39 is 0 Å². The summed E-state index contributed by atoms with van der Waals surface area (Å²) in [4.78, 5) is 16.6. The zero-order valence-electron chi connectivity index (χ0n) is 14.2. The van der Waals surface area contributed by atoms with E-state index in [0.717, 1.165) is 22.5 Å². The maximum Gasteiger partial charge on any atom is 0.319 e. The molecule has 5 nitrogen and oxygen atoms in total. The highest BCUT2D eigenvalue weighted by Crippen LogP contribution is 2.33. The highest BCUT2D eigenvalue weighted by molar-refractivity contribution is 8.00. The first-order valence-electron chi connectivity index (χ1n) is 8.43. The van der Waals surface area contributed by atoms with Crippen LogP contribution in [-0.2, 0) is 9.53 Å². The maximum atomic E-state index is 11.9. The monoisotopic (exact) mass is 363 g/mol. The third kappa shape index (κ3) is 3.46. The van der Waals surface area contributed by atoms with E-state index in [1.807, 2.05) is 67.6 Å². The summed E-state index contributed by atoms with van der Waals surface area (Å²) in [5.74, 6) is -0.209. The first kappa shape index (κ1) is 16.7. The van der Waals surface area contributed by atoms with Crippen LogP contribution in [0, 0.1) is 0 Å². The predicted octanol–water partition coefficient (Wildman–Crippen LogP) is 4.00. The highest BCUT2D eigenvalue weighted by atomic mass is 32.2. The van der Waals surface area contributed by atoms with Crippen molar-refractivity contribution in [1.82, 2.24) is 15.2 Å². The van der Waals surface area contributed by atoms with E-state index >= 15 is 0 Å². The summed E-state index contributed by atoms with van der Waals surface area (Å²) < 4.78 is 5.22. The van der Waals surface area contributed by atoms with Crippen molar-refractivity contribution in [3.05, 3.63) is 60.7 Å². The van der Waals surface area contributed by atoms with Gasteiger partial charge in [0.15, 0.2) is 0 Å². The number of thioether (sulfide) groups is 1. The van der Waals surface area contributed by atoms with Crippen LogP contribution in [0.15, 0.2) is 65.8 Å². The van der Waals surface area contributed by atoms with Crippen molar-refractivity contribution in [3.8, 4) is 22.5 Å². The average molecular weight is 363 g/mol. The van der Waals surface area contributed by atoms with Gasteiger partial charge in [-0.05, 0) is 6.92 Å². The van der Waals surface area contributed by atoms with Crippen molar-refractivity contribution in [2.75, 3.05) is 0 Å². The third-order valence-corrected chi connectivity index (χ3v) is 5.19. The van der Waals surface area contributed by atoms with E-state index in [4.69, 9.17) is 9.72 Å². The molecule has 2 atom stereocenters. The Morgan fingerprint density at radius 2 is 1.54 bits per heavy atom. The van der Waals surface area contributed by atoms with Crippen molar-refractivity contribution in [1.29, 1.82) is 0 Å². The molecule has 130 valence electrons. The molecule has 0 amide bonds. The van der Waals surface area contributed by atoms with Gasteiger partial charge in [0.25, 0.3) is 0 Å². The minimum Gasteiger partial charge on any atom is -0.462 e. The summed E-state index contributed by atoms with van der Waals surface area (Å²) >= 11 is 1.32. The Morgan fingerprint density at radius 1 is 0.923 bits per heavy atom.